The second kappa shape index (κ2) is 17.1. The van der Waals surface area contributed by atoms with Crippen molar-refractivity contribution in [2.45, 2.75) is 92.8 Å². The zero-order chi connectivity index (χ0) is 39.8. The van der Waals surface area contributed by atoms with Crippen LogP contribution in [0.4, 0.5) is 0 Å². The van der Waals surface area contributed by atoms with E-state index in [1.165, 1.54) is 34.0 Å². The van der Waals surface area contributed by atoms with Crippen molar-refractivity contribution in [3.05, 3.63) is 144 Å². The second-order valence-corrected chi connectivity index (χ2v) is 22.5. The first-order valence-electron chi connectivity index (χ1n) is 20.2. The fraction of sp³-hybridized carbons (Fsp3) is 0.294. The molecule has 0 N–H and O–H groups in total. The standard InChI is InChI=1S/C31H27N2O.C20H28NSi.Ir/c1-19(2)21-12-9-13-22(20(3)4)29(21)33-27-17-7-6-16-26(27)32-31(33)25-15-10-14-24-23-11-5-8-18-28(23)34-30(24)25;1-7-20(2,3)14-17-13-18(16-11-9-8-10-12-16)21-15-19(17)22(4,5)6;/h5-14,16-20H,1-4H3;8-11,13,15H,7,14H2,1-6H3;/q2*-1;. The number of rotatable bonds is 9. The number of imidazole rings is 1. The summed E-state index contributed by atoms with van der Waals surface area (Å²) in [4.78, 5) is 9.89. The van der Waals surface area contributed by atoms with Gasteiger partial charge in [-0.3, -0.25) is 4.98 Å². The summed E-state index contributed by atoms with van der Waals surface area (Å²) in [7, 11) is -1.39. The van der Waals surface area contributed by atoms with Crippen LogP contribution in [0.15, 0.2) is 120 Å². The quantitative estimate of drug-likeness (QED) is 0.107. The molecule has 5 aromatic carbocycles. The Morgan fingerprint density at radius 2 is 1.46 bits per heavy atom. The minimum absolute atomic E-state index is 0. The summed E-state index contributed by atoms with van der Waals surface area (Å²) in [5.74, 6) is 1.60. The van der Waals surface area contributed by atoms with Gasteiger partial charge in [-0.05, 0) is 63.9 Å². The van der Waals surface area contributed by atoms with Crippen LogP contribution in [0.3, 0.4) is 0 Å². The van der Waals surface area contributed by atoms with Gasteiger partial charge in [0.25, 0.3) is 0 Å². The van der Waals surface area contributed by atoms with Gasteiger partial charge in [0.1, 0.15) is 5.58 Å². The predicted octanol–water partition coefficient (Wildman–Crippen LogP) is 13.7. The third-order valence-electron chi connectivity index (χ3n) is 11.1. The Morgan fingerprint density at radius 1 is 0.772 bits per heavy atom. The second-order valence-electron chi connectivity index (χ2n) is 17.5. The molecule has 0 saturated carbocycles. The molecule has 0 unspecified atom stereocenters. The van der Waals surface area contributed by atoms with Crippen molar-refractivity contribution in [1.29, 1.82) is 0 Å². The van der Waals surface area contributed by atoms with E-state index in [1.807, 2.05) is 36.4 Å². The van der Waals surface area contributed by atoms with Crippen LogP contribution in [0.25, 0.3) is 61.3 Å². The van der Waals surface area contributed by atoms with Crippen molar-refractivity contribution in [3.63, 3.8) is 0 Å². The van der Waals surface area contributed by atoms with Crippen LogP contribution in [-0.4, -0.2) is 22.6 Å². The molecule has 0 saturated heterocycles. The van der Waals surface area contributed by atoms with Crippen molar-refractivity contribution < 1.29 is 24.5 Å². The zero-order valence-corrected chi connectivity index (χ0v) is 38.5. The fourth-order valence-electron chi connectivity index (χ4n) is 7.71. The Hall–Kier alpha value is -4.61. The number of hydrogen-bond acceptors (Lipinski definition) is 3. The van der Waals surface area contributed by atoms with Gasteiger partial charge in [0, 0.05) is 37.4 Å². The van der Waals surface area contributed by atoms with E-state index >= 15 is 0 Å². The van der Waals surface area contributed by atoms with E-state index < -0.39 is 8.07 Å². The summed E-state index contributed by atoms with van der Waals surface area (Å²) in [6, 6.07) is 44.5. The first-order valence-corrected chi connectivity index (χ1v) is 23.7. The molecular formula is C51H55IrN3OSi-2. The third kappa shape index (κ3) is 8.65. The van der Waals surface area contributed by atoms with Crippen LogP contribution in [-0.2, 0) is 26.5 Å². The van der Waals surface area contributed by atoms with E-state index in [1.54, 1.807) is 0 Å². The number of furan rings is 1. The maximum Gasteiger partial charge on any atom is 0.120 e. The molecule has 0 fully saturated rings. The van der Waals surface area contributed by atoms with E-state index in [-0.39, 0.29) is 20.1 Å². The minimum atomic E-state index is -1.39. The average molecular weight is 946 g/mol. The minimum Gasteiger partial charge on any atom is -0.501 e. The molecule has 6 heteroatoms. The Balaban J connectivity index is 0.000000208. The summed E-state index contributed by atoms with van der Waals surface area (Å²) in [5, 5.41) is 3.69. The fourth-order valence-corrected chi connectivity index (χ4v) is 9.28. The van der Waals surface area contributed by atoms with Gasteiger partial charge in [0.2, 0.25) is 0 Å². The maximum absolute atomic E-state index is 6.40. The first-order chi connectivity index (χ1) is 26.8. The molecule has 3 aromatic heterocycles. The van der Waals surface area contributed by atoms with Gasteiger partial charge in [-0.15, -0.1) is 54.1 Å². The molecular weight excluding hydrogens is 891 g/mol. The van der Waals surface area contributed by atoms with Gasteiger partial charge in [-0.25, -0.2) is 0 Å². The third-order valence-corrected chi connectivity index (χ3v) is 13.2. The molecule has 0 amide bonds. The largest absolute Gasteiger partial charge is 0.501 e. The Morgan fingerprint density at radius 3 is 2.12 bits per heavy atom. The van der Waals surface area contributed by atoms with E-state index in [0.29, 0.717) is 17.3 Å². The SMILES string of the molecule is CC(C)c1cccc(C(C)C)c1-n1c(-c2[c-]ccc3c2oc2ccccc23)nc2ccccc21.CCC(C)(C)Cc1cc(-c2[c-]cccc2)ncc1[Si](C)(C)C.[Ir]. The van der Waals surface area contributed by atoms with E-state index in [2.05, 4.69) is 164 Å². The van der Waals surface area contributed by atoms with E-state index in [4.69, 9.17) is 14.4 Å². The summed E-state index contributed by atoms with van der Waals surface area (Å²) in [6.45, 7) is 23.2. The maximum atomic E-state index is 6.40. The van der Waals surface area contributed by atoms with E-state index in [0.717, 1.165) is 62.0 Å². The van der Waals surface area contributed by atoms with E-state index in [9.17, 15) is 0 Å². The number of hydrogen-bond donors (Lipinski definition) is 0. The summed E-state index contributed by atoms with van der Waals surface area (Å²) in [6.07, 6.45) is 4.43. The van der Waals surface area contributed by atoms with Crippen LogP contribution in [0, 0.1) is 17.5 Å². The monoisotopic (exact) mass is 946 g/mol. The Labute approximate surface area is 354 Å². The molecule has 1 radical (unpaired) electrons. The first kappa shape index (κ1) is 42.0. The summed E-state index contributed by atoms with van der Waals surface area (Å²) in [5.41, 5.74) is 12.4. The average Bonchev–Trinajstić information content (AvgIpc) is 3.76. The molecule has 3 heterocycles. The van der Waals surface area contributed by atoms with Crippen LogP contribution in [0.5, 0.6) is 0 Å². The van der Waals surface area contributed by atoms with Crippen molar-refractivity contribution in [3.8, 4) is 28.3 Å². The number of benzene rings is 5. The van der Waals surface area contributed by atoms with Crippen molar-refractivity contribution in [1.82, 2.24) is 14.5 Å². The molecule has 0 aliphatic rings. The molecule has 57 heavy (non-hydrogen) atoms. The molecule has 295 valence electrons. The van der Waals surface area contributed by atoms with Gasteiger partial charge >= 0.3 is 0 Å². The van der Waals surface area contributed by atoms with Crippen molar-refractivity contribution in [2.24, 2.45) is 5.41 Å². The number of para-hydroxylation sites is 4. The van der Waals surface area contributed by atoms with Crippen LogP contribution < -0.4 is 5.19 Å². The zero-order valence-electron chi connectivity index (χ0n) is 35.1. The van der Waals surface area contributed by atoms with Gasteiger partial charge in [-0.1, -0.05) is 146 Å². The molecule has 0 aliphatic heterocycles. The molecule has 4 nitrogen and oxygen atoms in total. The van der Waals surface area contributed by atoms with Crippen molar-refractivity contribution >= 4 is 46.2 Å². The Bertz CT molecular complexity index is 2600. The van der Waals surface area contributed by atoms with Gasteiger partial charge in [0.15, 0.2) is 0 Å². The molecule has 8 rings (SSSR count). The topological polar surface area (TPSA) is 43.9 Å². The van der Waals surface area contributed by atoms with Crippen LogP contribution in [0.2, 0.25) is 19.6 Å². The van der Waals surface area contributed by atoms with Gasteiger partial charge in [-0.2, -0.15) is 0 Å². The van der Waals surface area contributed by atoms with Gasteiger partial charge in [0.05, 0.1) is 30.5 Å². The molecule has 0 atom stereocenters. The number of aromatic nitrogens is 3. The normalized spacial score (nSPS) is 12.0. The molecule has 8 aromatic rings. The summed E-state index contributed by atoms with van der Waals surface area (Å²) < 4.78 is 8.73. The predicted molar refractivity (Wildman–Crippen MR) is 240 cm³/mol. The van der Waals surface area contributed by atoms with Crippen LogP contribution >= 0.6 is 0 Å². The molecule has 0 spiro atoms. The summed E-state index contributed by atoms with van der Waals surface area (Å²) >= 11 is 0. The number of pyridine rings is 1. The number of nitrogens with zero attached hydrogens (tertiary/aromatic N) is 3. The molecule has 0 bridgehead atoms. The van der Waals surface area contributed by atoms with Crippen molar-refractivity contribution in [2.75, 3.05) is 0 Å². The number of fused-ring (bicyclic) bond motifs is 4. The molecule has 0 aliphatic carbocycles. The smallest absolute Gasteiger partial charge is 0.120 e. The van der Waals surface area contributed by atoms with Crippen LogP contribution in [0.1, 0.15) is 83.4 Å². The van der Waals surface area contributed by atoms with Gasteiger partial charge < -0.3 is 14.0 Å². The Kier molecular flexibility index (Phi) is 12.6.